The van der Waals surface area contributed by atoms with Crippen molar-refractivity contribution in [1.82, 2.24) is 9.78 Å². The van der Waals surface area contributed by atoms with Crippen LogP contribution in [0.3, 0.4) is 0 Å². The topological polar surface area (TPSA) is 56.3 Å². The highest BCUT2D eigenvalue weighted by molar-refractivity contribution is 5.66. The second-order valence-electron chi connectivity index (χ2n) is 4.09. The van der Waals surface area contributed by atoms with E-state index in [2.05, 4.69) is 16.9 Å². The third-order valence-corrected chi connectivity index (χ3v) is 2.97. The van der Waals surface area contributed by atoms with Gasteiger partial charge in [-0.1, -0.05) is 0 Å². The van der Waals surface area contributed by atoms with Gasteiger partial charge in [0.15, 0.2) is 5.82 Å². The molecule has 5 nitrogen and oxygen atoms in total. The Bertz CT molecular complexity index is 353. The van der Waals surface area contributed by atoms with Gasteiger partial charge in [0.2, 0.25) is 0 Å². The number of nitrogen functional groups attached to an aromatic ring is 1. The summed E-state index contributed by atoms with van der Waals surface area (Å²) < 4.78 is 7.44. The Hall–Kier alpha value is -1.23. The molecule has 1 aliphatic heterocycles. The van der Waals surface area contributed by atoms with E-state index in [1.807, 2.05) is 11.6 Å². The van der Waals surface area contributed by atoms with Crippen LogP contribution in [0.4, 0.5) is 11.5 Å². The van der Waals surface area contributed by atoms with Crippen molar-refractivity contribution in [2.45, 2.75) is 26.8 Å². The molecule has 1 aliphatic rings. The second-order valence-corrected chi connectivity index (χ2v) is 4.09. The molecule has 0 atom stereocenters. The zero-order chi connectivity index (χ0) is 11.5. The molecule has 16 heavy (non-hydrogen) atoms. The summed E-state index contributed by atoms with van der Waals surface area (Å²) in [5, 5.41) is 4.44. The van der Waals surface area contributed by atoms with Gasteiger partial charge in [-0.3, -0.25) is 0 Å². The van der Waals surface area contributed by atoms with E-state index in [9.17, 15) is 0 Å². The molecule has 0 bridgehead atoms. The molecule has 1 saturated heterocycles. The van der Waals surface area contributed by atoms with E-state index in [4.69, 9.17) is 10.5 Å². The summed E-state index contributed by atoms with van der Waals surface area (Å²) in [4.78, 5) is 2.28. The van der Waals surface area contributed by atoms with Crippen molar-refractivity contribution >= 4 is 11.5 Å². The smallest absolute Gasteiger partial charge is 0.150 e. The van der Waals surface area contributed by atoms with Gasteiger partial charge in [0.05, 0.1) is 18.0 Å². The molecular formula is C11H20N4O. The zero-order valence-electron chi connectivity index (χ0n) is 10.1. The number of ether oxygens (including phenoxy) is 1. The standard InChI is InChI=1S/C11H20N4O/c1-3-15-11(10(12)9(2)13-15)14-5-4-7-16-8-6-14/h3-8,12H2,1-2H3. The first-order valence-electron chi connectivity index (χ1n) is 5.89. The average Bonchev–Trinajstić information content (AvgIpc) is 2.51. The van der Waals surface area contributed by atoms with Gasteiger partial charge in [0.25, 0.3) is 0 Å². The Balaban J connectivity index is 2.29. The van der Waals surface area contributed by atoms with E-state index >= 15 is 0 Å². The van der Waals surface area contributed by atoms with Crippen LogP contribution in [0.15, 0.2) is 0 Å². The quantitative estimate of drug-likeness (QED) is 0.815. The van der Waals surface area contributed by atoms with Crippen LogP contribution in [0.1, 0.15) is 19.0 Å². The molecule has 0 aliphatic carbocycles. The van der Waals surface area contributed by atoms with Crippen molar-refractivity contribution in [3.8, 4) is 0 Å². The summed E-state index contributed by atoms with van der Waals surface area (Å²) in [5.74, 6) is 1.06. The Morgan fingerprint density at radius 3 is 2.94 bits per heavy atom. The number of nitrogens with two attached hydrogens (primary N) is 1. The normalized spacial score (nSPS) is 17.5. The predicted molar refractivity (Wildman–Crippen MR) is 64.7 cm³/mol. The average molecular weight is 224 g/mol. The molecule has 0 radical (unpaired) electrons. The second kappa shape index (κ2) is 4.74. The van der Waals surface area contributed by atoms with Crippen LogP contribution in [0.25, 0.3) is 0 Å². The summed E-state index contributed by atoms with van der Waals surface area (Å²) in [6, 6.07) is 0. The lowest BCUT2D eigenvalue weighted by Gasteiger charge is -2.23. The van der Waals surface area contributed by atoms with E-state index in [0.717, 1.165) is 56.5 Å². The number of anilines is 2. The first-order valence-corrected chi connectivity index (χ1v) is 5.89. The van der Waals surface area contributed by atoms with E-state index < -0.39 is 0 Å². The Morgan fingerprint density at radius 1 is 1.38 bits per heavy atom. The van der Waals surface area contributed by atoms with Gasteiger partial charge in [0, 0.05) is 26.2 Å². The maximum absolute atomic E-state index is 6.10. The third-order valence-electron chi connectivity index (χ3n) is 2.97. The summed E-state index contributed by atoms with van der Waals surface area (Å²) in [5.41, 5.74) is 7.82. The molecule has 5 heteroatoms. The summed E-state index contributed by atoms with van der Waals surface area (Å²) in [7, 11) is 0. The van der Waals surface area contributed by atoms with Gasteiger partial charge < -0.3 is 15.4 Å². The molecule has 0 spiro atoms. The van der Waals surface area contributed by atoms with Crippen LogP contribution >= 0.6 is 0 Å². The van der Waals surface area contributed by atoms with Crippen molar-refractivity contribution < 1.29 is 4.74 Å². The molecule has 0 saturated carbocycles. The monoisotopic (exact) mass is 224 g/mol. The predicted octanol–water partition coefficient (Wildman–Crippen LogP) is 1.02. The fourth-order valence-corrected chi connectivity index (χ4v) is 2.10. The number of hydrogen-bond donors (Lipinski definition) is 1. The first-order chi connectivity index (χ1) is 7.74. The number of hydrogen-bond acceptors (Lipinski definition) is 4. The molecule has 2 heterocycles. The lowest BCUT2D eigenvalue weighted by molar-refractivity contribution is 0.152. The van der Waals surface area contributed by atoms with E-state index in [0.29, 0.717) is 0 Å². The van der Waals surface area contributed by atoms with Gasteiger partial charge in [-0.2, -0.15) is 5.10 Å². The highest BCUT2D eigenvalue weighted by atomic mass is 16.5. The van der Waals surface area contributed by atoms with Crippen molar-refractivity contribution in [3.63, 3.8) is 0 Å². The van der Waals surface area contributed by atoms with Crippen LogP contribution in [0.5, 0.6) is 0 Å². The van der Waals surface area contributed by atoms with E-state index in [1.54, 1.807) is 0 Å². The Morgan fingerprint density at radius 2 is 2.19 bits per heavy atom. The number of aromatic nitrogens is 2. The van der Waals surface area contributed by atoms with Crippen LogP contribution in [-0.4, -0.2) is 36.1 Å². The largest absolute Gasteiger partial charge is 0.394 e. The lowest BCUT2D eigenvalue weighted by Crippen LogP contribution is -2.29. The van der Waals surface area contributed by atoms with Gasteiger partial charge in [-0.15, -0.1) is 0 Å². The van der Waals surface area contributed by atoms with Crippen molar-refractivity contribution in [2.24, 2.45) is 0 Å². The molecule has 2 N–H and O–H groups in total. The molecule has 0 amide bonds. The highest BCUT2D eigenvalue weighted by Crippen LogP contribution is 2.27. The molecule has 90 valence electrons. The molecule has 1 aromatic rings. The van der Waals surface area contributed by atoms with Gasteiger partial charge >= 0.3 is 0 Å². The summed E-state index contributed by atoms with van der Waals surface area (Å²) >= 11 is 0. The number of aryl methyl sites for hydroxylation is 2. The van der Waals surface area contributed by atoms with Gasteiger partial charge in [-0.25, -0.2) is 4.68 Å². The maximum atomic E-state index is 6.10. The van der Waals surface area contributed by atoms with Crippen LogP contribution in [0, 0.1) is 6.92 Å². The Labute approximate surface area is 96.2 Å². The van der Waals surface area contributed by atoms with Gasteiger partial charge in [-0.05, 0) is 20.3 Å². The lowest BCUT2D eigenvalue weighted by atomic mass is 10.3. The highest BCUT2D eigenvalue weighted by Gasteiger charge is 2.19. The van der Waals surface area contributed by atoms with Crippen LogP contribution in [-0.2, 0) is 11.3 Å². The molecule has 0 aromatic carbocycles. The first kappa shape index (κ1) is 11.3. The number of rotatable bonds is 2. The van der Waals surface area contributed by atoms with E-state index in [-0.39, 0.29) is 0 Å². The fraction of sp³-hybridized carbons (Fsp3) is 0.727. The fourth-order valence-electron chi connectivity index (χ4n) is 2.10. The maximum Gasteiger partial charge on any atom is 0.150 e. The summed E-state index contributed by atoms with van der Waals surface area (Å²) in [6.45, 7) is 8.40. The third kappa shape index (κ3) is 2.00. The van der Waals surface area contributed by atoms with Crippen molar-refractivity contribution in [1.29, 1.82) is 0 Å². The number of nitrogens with zero attached hydrogens (tertiary/aromatic N) is 3. The molecule has 0 unspecified atom stereocenters. The minimum atomic E-state index is 0.771. The van der Waals surface area contributed by atoms with Gasteiger partial charge in [0.1, 0.15) is 0 Å². The SMILES string of the molecule is CCn1nc(C)c(N)c1N1CCCOCC1. The van der Waals surface area contributed by atoms with Crippen molar-refractivity contribution in [2.75, 3.05) is 36.9 Å². The van der Waals surface area contributed by atoms with E-state index in [1.165, 1.54) is 0 Å². The molecule has 1 fully saturated rings. The zero-order valence-corrected chi connectivity index (χ0v) is 10.1. The molecule has 1 aromatic heterocycles. The summed E-state index contributed by atoms with van der Waals surface area (Å²) in [6.07, 6.45) is 1.05. The molecular weight excluding hydrogens is 204 g/mol. The van der Waals surface area contributed by atoms with Crippen LogP contribution in [0.2, 0.25) is 0 Å². The minimum Gasteiger partial charge on any atom is -0.394 e. The Kier molecular flexibility index (Phi) is 3.33. The van der Waals surface area contributed by atoms with Crippen LogP contribution < -0.4 is 10.6 Å². The minimum absolute atomic E-state index is 0.771. The molecule has 2 rings (SSSR count). The van der Waals surface area contributed by atoms with Crippen molar-refractivity contribution in [3.05, 3.63) is 5.69 Å².